The molecular formula is C22H26N6O3S2. The molecule has 1 fully saturated rings. The van der Waals surface area contributed by atoms with Crippen LogP contribution in [0.3, 0.4) is 0 Å². The van der Waals surface area contributed by atoms with Crippen molar-refractivity contribution >= 4 is 51.7 Å². The molecule has 1 unspecified atom stereocenters. The number of amides is 3. The number of nitrogens with zero attached hydrogens (tertiary/aromatic N) is 2. The number of thiophene rings is 2. The van der Waals surface area contributed by atoms with E-state index in [1.54, 1.807) is 23.0 Å². The smallest absolute Gasteiger partial charge is 0.319 e. The van der Waals surface area contributed by atoms with Crippen LogP contribution in [0.15, 0.2) is 45.9 Å². The molecule has 11 heteroatoms. The van der Waals surface area contributed by atoms with Crippen molar-refractivity contribution in [1.82, 2.24) is 15.2 Å². The predicted molar refractivity (Wildman–Crippen MR) is 132 cm³/mol. The van der Waals surface area contributed by atoms with Crippen LogP contribution in [0, 0.1) is 0 Å². The number of morpholine rings is 1. The Morgan fingerprint density at radius 2 is 1.97 bits per heavy atom. The van der Waals surface area contributed by atoms with Crippen molar-refractivity contribution in [3.63, 3.8) is 0 Å². The van der Waals surface area contributed by atoms with Gasteiger partial charge in [0.25, 0.3) is 5.91 Å². The Labute approximate surface area is 200 Å². The van der Waals surface area contributed by atoms with E-state index < -0.39 is 0 Å². The molecule has 3 aromatic heterocycles. The standard InChI is InChI=1S/C22H26N6O3S2/c23-17-13-33-14-20(17)26-21(29)19-2-1-15(11-24-19)18(3-5-28-6-8-31-9-7-28)27-22(30)25-16-4-10-32-12-16/h1-2,4,10-14,18H,3,5-9,23H2,(H,26,29)(H2,25,27,30). The minimum absolute atomic E-state index is 0.261. The molecule has 1 aliphatic rings. The molecule has 0 spiro atoms. The lowest BCUT2D eigenvalue weighted by Crippen LogP contribution is -2.39. The number of hydrogen-bond donors (Lipinski definition) is 4. The zero-order chi connectivity index (χ0) is 23.0. The zero-order valence-corrected chi connectivity index (χ0v) is 19.6. The number of anilines is 3. The third kappa shape index (κ3) is 6.51. The molecule has 0 bridgehead atoms. The van der Waals surface area contributed by atoms with E-state index in [2.05, 4.69) is 25.8 Å². The third-order valence-electron chi connectivity index (χ3n) is 5.28. The maximum absolute atomic E-state index is 12.6. The van der Waals surface area contributed by atoms with Gasteiger partial charge >= 0.3 is 6.03 Å². The first-order valence-corrected chi connectivity index (χ1v) is 12.5. The Kier molecular flexibility index (Phi) is 7.89. The van der Waals surface area contributed by atoms with Crippen molar-refractivity contribution in [2.24, 2.45) is 0 Å². The number of nitrogens with two attached hydrogens (primary N) is 1. The fraction of sp³-hybridized carbons (Fsp3) is 0.318. The largest absolute Gasteiger partial charge is 0.396 e. The highest BCUT2D eigenvalue weighted by molar-refractivity contribution is 7.09. The highest BCUT2D eigenvalue weighted by atomic mass is 32.1. The summed E-state index contributed by atoms with van der Waals surface area (Å²) in [6.45, 7) is 3.99. The Hall–Kier alpha value is -2.99. The lowest BCUT2D eigenvalue weighted by Gasteiger charge is -2.28. The maximum atomic E-state index is 12.6. The van der Waals surface area contributed by atoms with Gasteiger partial charge in [0.15, 0.2) is 0 Å². The fourth-order valence-corrected chi connectivity index (χ4v) is 4.72. The predicted octanol–water partition coefficient (Wildman–Crippen LogP) is 3.62. The normalized spacial score (nSPS) is 15.0. The number of pyridine rings is 1. The molecule has 0 saturated carbocycles. The zero-order valence-electron chi connectivity index (χ0n) is 18.0. The molecule has 0 radical (unpaired) electrons. The lowest BCUT2D eigenvalue weighted by atomic mass is 10.0. The van der Waals surface area contributed by atoms with Gasteiger partial charge in [-0.3, -0.25) is 14.7 Å². The summed E-state index contributed by atoms with van der Waals surface area (Å²) in [5.74, 6) is -0.334. The average molecular weight is 487 g/mol. The quantitative estimate of drug-likeness (QED) is 0.386. The number of carbonyl (C=O) groups excluding carboxylic acids is 2. The van der Waals surface area contributed by atoms with E-state index >= 15 is 0 Å². The van der Waals surface area contributed by atoms with Gasteiger partial charge in [-0.25, -0.2) is 4.79 Å². The number of ether oxygens (including phenoxy) is 1. The van der Waals surface area contributed by atoms with Crippen molar-refractivity contribution in [1.29, 1.82) is 0 Å². The summed E-state index contributed by atoms with van der Waals surface area (Å²) in [6.07, 6.45) is 2.34. The number of aromatic nitrogens is 1. The molecule has 0 aliphatic carbocycles. The third-order valence-corrected chi connectivity index (χ3v) is 6.73. The summed E-state index contributed by atoms with van der Waals surface area (Å²) in [7, 11) is 0. The molecule has 1 saturated heterocycles. The molecule has 33 heavy (non-hydrogen) atoms. The molecule has 4 heterocycles. The number of urea groups is 1. The highest BCUT2D eigenvalue weighted by Gasteiger charge is 2.19. The van der Waals surface area contributed by atoms with Gasteiger partial charge < -0.3 is 26.4 Å². The van der Waals surface area contributed by atoms with Crippen LogP contribution in [0.2, 0.25) is 0 Å². The lowest BCUT2D eigenvalue weighted by molar-refractivity contribution is 0.0363. The van der Waals surface area contributed by atoms with Crippen molar-refractivity contribution in [3.8, 4) is 0 Å². The fourth-order valence-electron chi connectivity index (χ4n) is 3.46. The highest BCUT2D eigenvalue weighted by Crippen LogP contribution is 2.24. The van der Waals surface area contributed by atoms with Gasteiger partial charge in [0.05, 0.1) is 36.3 Å². The summed E-state index contributed by atoms with van der Waals surface area (Å²) < 4.78 is 5.42. The topological polar surface area (TPSA) is 122 Å². The van der Waals surface area contributed by atoms with Crippen molar-refractivity contribution in [3.05, 3.63) is 57.2 Å². The van der Waals surface area contributed by atoms with E-state index in [9.17, 15) is 9.59 Å². The monoisotopic (exact) mass is 486 g/mol. The van der Waals surface area contributed by atoms with Gasteiger partial charge in [-0.05, 0) is 29.5 Å². The number of nitrogen functional groups attached to an aromatic ring is 1. The second-order valence-corrected chi connectivity index (χ2v) is 9.10. The van der Waals surface area contributed by atoms with E-state index in [-0.39, 0.29) is 23.7 Å². The first-order valence-electron chi connectivity index (χ1n) is 10.6. The molecule has 174 valence electrons. The summed E-state index contributed by atoms with van der Waals surface area (Å²) in [5, 5.41) is 16.0. The molecule has 1 aliphatic heterocycles. The average Bonchev–Trinajstić information content (AvgIpc) is 3.49. The van der Waals surface area contributed by atoms with Gasteiger partial charge in [0, 0.05) is 42.0 Å². The first-order chi connectivity index (χ1) is 16.1. The second kappa shape index (κ2) is 11.2. The van der Waals surface area contributed by atoms with Crippen LogP contribution in [0.5, 0.6) is 0 Å². The summed E-state index contributed by atoms with van der Waals surface area (Å²) in [6, 6.07) is 4.79. The van der Waals surface area contributed by atoms with Crippen LogP contribution in [0.4, 0.5) is 21.9 Å². The first kappa shape index (κ1) is 23.2. The Morgan fingerprint density at radius 3 is 2.64 bits per heavy atom. The summed E-state index contributed by atoms with van der Waals surface area (Å²) >= 11 is 2.93. The molecule has 1 atom stereocenters. The molecular weight excluding hydrogens is 460 g/mol. The van der Waals surface area contributed by atoms with E-state index in [0.717, 1.165) is 44.1 Å². The van der Waals surface area contributed by atoms with Crippen molar-refractivity contribution in [2.75, 3.05) is 49.2 Å². The van der Waals surface area contributed by atoms with Gasteiger partial charge in [-0.1, -0.05) is 6.07 Å². The van der Waals surface area contributed by atoms with Crippen molar-refractivity contribution < 1.29 is 14.3 Å². The molecule has 9 nitrogen and oxygen atoms in total. The minimum atomic E-state index is -0.334. The summed E-state index contributed by atoms with van der Waals surface area (Å²) in [4.78, 5) is 31.7. The van der Waals surface area contributed by atoms with Gasteiger partial charge in [0.2, 0.25) is 0 Å². The van der Waals surface area contributed by atoms with Crippen LogP contribution in [0.25, 0.3) is 0 Å². The van der Waals surface area contributed by atoms with Crippen LogP contribution in [-0.2, 0) is 4.74 Å². The van der Waals surface area contributed by atoms with Crippen LogP contribution in [0.1, 0.15) is 28.5 Å². The van der Waals surface area contributed by atoms with E-state index in [1.165, 1.54) is 22.7 Å². The van der Waals surface area contributed by atoms with Crippen molar-refractivity contribution in [2.45, 2.75) is 12.5 Å². The van der Waals surface area contributed by atoms with Gasteiger partial charge in [-0.15, -0.1) is 11.3 Å². The molecule has 3 amide bonds. The number of carbonyl (C=O) groups is 2. The molecule has 0 aromatic carbocycles. The Balaban J connectivity index is 1.43. The Morgan fingerprint density at radius 1 is 1.12 bits per heavy atom. The van der Waals surface area contributed by atoms with Crippen LogP contribution >= 0.6 is 22.7 Å². The minimum Gasteiger partial charge on any atom is -0.396 e. The van der Waals surface area contributed by atoms with Gasteiger partial charge in [0.1, 0.15) is 5.69 Å². The SMILES string of the molecule is Nc1cscc1NC(=O)c1ccc(C(CCN2CCOCC2)NC(=O)Nc2ccsc2)cn1. The number of rotatable bonds is 8. The van der Waals surface area contributed by atoms with Crippen LogP contribution in [-0.4, -0.2) is 54.7 Å². The second-order valence-electron chi connectivity index (χ2n) is 7.58. The molecule has 3 aromatic rings. The maximum Gasteiger partial charge on any atom is 0.319 e. The molecule has 5 N–H and O–H groups in total. The number of nitrogens with one attached hydrogen (secondary N) is 3. The van der Waals surface area contributed by atoms with E-state index in [4.69, 9.17) is 10.5 Å². The molecule has 4 rings (SSSR count). The van der Waals surface area contributed by atoms with Crippen LogP contribution < -0.4 is 21.7 Å². The number of hydrogen-bond acceptors (Lipinski definition) is 8. The Bertz CT molecular complexity index is 1050. The van der Waals surface area contributed by atoms with E-state index in [1.807, 2.05) is 22.9 Å². The summed E-state index contributed by atoms with van der Waals surface area (Å²) in [5.41, 5.74) is 8.79. The van der Waals surface area contributed by atoms with Gasteiger partial charge in [-0.2, -0.15) is 11.3 Å². The van der Waals surface area contributed by atoms with E-state index in [0.29, 0.717) is 17.8 Å².